The number of halogens is 1. The van der Waals surface area contributed by atoms with Gasteiger partial charge in [0.2, 0.25) is 0 Å². The number of carbonyl (C=O) groups excluding carboxylic acids is 2. The fourth-order valence-electron chi connectivity index (χ4n) is 5.57. The maximum Gasteiger partial charge on any atom is 0.272 e. The standard InChI is InChI=1S/C29H40ClN7O3S/c1-18(2)35-11-7-20(8-12-35)31-28(38)23-16-24(29(39)32-21-9-13-36(14-10-21)19(3)4)37(33-23)17-22-15-25(40-34-22)26-5-6-27(30)41-26/h5-6,15-16,18-21H,7-14,17H2,1-4H3,(H,31,38)(H,32,39). The molecule has 2 fully saturated rings. The third-order valence-electron chi connectivity index (χ3n) is 8.12. The normalized spacial score (nSPS) is 17.9. The molecule has 0 spiro atoms. The Balaban J connectivity index is 1.31. The molecule has 0 aromatic carbocycles. The van der Waals surface area contributed by atoms with Gasteiger partial charge in [-0.3, -0.25) is 14.3 Å². The first-order chi connectivity index (χ1) is 19.7. The summed E-state index contributed by atoms with van der Waals surface area (Å²) in [6, 6.07) is 8.24. The highest BCUT2D eigenvalue weighted by Gasteiger charge is 2.27. The van der Waals surface area contributed by atoms with Gasteiger partial charge in [0.15, 0.2) is 11.5 Å². The summed E-state index contributed by atoms with van der Waals surface area (Å²) in [7, 11) is 0. The van der Waals surface area contributed by atoms with Gasteiger partial charge in [-0.25, -0.2) is 0 Å². The fraction of sp³-hybridized carbons (Fsp3) is 0.586. The monoisotopic (exact) mass is 601 g/mol. The second kappa shape index (κ2) is 13.1. The van der Waals surface area contributed by atoms with Crippen LogP contribution in [0.1, 0.15) is 80.0 Å². The van der Waals surface area contributed by atoms with Crippen molar-refractivity contribution >= 4 is 34.8 Å². The second-order valence-electron chi connectivity index (χ2n) is 11.6. The molecule has 0 aliphatic carbocycles. The second-order valence-corrected chi connectivity index (χ2v) is 13.3. The fourth-order valence-corrected chi connectivity index (χ4v) is 6.56. The molecular weight excluding hydrogens is 562 g/mol. The van der Waals surface area contributed by atoms with Crippen molar-refractivity contribution in [1.82, 2.24) is 35.4 Å². The third-order valence-corrected chi connectivity index (χ3v) is 9.37. The molecule has 222 valence electrons. The first-order valence-electron chi connectivity index (χ1n) is 14.5. The van der Waals surface area contributed by atoms with Crippen molar-refractivity contribution in [3.05, 3.63) is 45.7 Å². The van der Waals surface area contributed by atoms with E-state index in [1.807, 2.05) is 18.2 Å². The Bertz CT molecular complexity index is 1330. The molecule has 0 unspecified atom stereocenters. The van der Waals surface area contributed by atoms with Crippen LogP contribution in [0.25, 0.3) is 10.6 Å². The molecule has 12 heteroatoms. The van der Waals surface area contributed by atoms with Crippen LogP contribution < -0.4 is 10.6 Å². The van der Waals surface area contributed by atoms with Crippen LogP contribution in [0.15, 0.2) is 28.8 Å². The molecule has 2 saturated heterocycles. The Morgan fingerprint density at radius 2 is 1.54 bits per heavy atom. The number of piperidine rings is 2. The predicted molar refractivity (Wildman–Crippen MR) is 161 cm³/mol. The zero-order valence-corrected chi connectivity index (χ0v) is 25.8. The number of thiophene rings is 1. The molecule has 3 aromatic rings. The van der Waals surface area contributed by atoms with Crippen molar-refractivity contribution in [3.63, 3.8) is 0 Å². The van der Waals surface area contributed by atoms with Crippen LogP contribution in [-0.2, 0) is 6.54 Å². The molecule has 5 rings (SSSR count). The number of hydrogen-bond acceptors (Lipinski definition) is 8. The van der Waals surface area contributed by atoms with Crippen molar-refractivity contribution in [2.24, 2.45) is 0 Å². The van der Waals surface area contributed by atoms with Gasteiger partial charge in [-0.1, -0.05) is 16.8 Å². The molecule has 41 heavy (non-hydrogen) atoms. The summed E-state index contributed by atoms with van der Waals surface area (Å²) in [6.07, 6.45) is 3.55. The van der Waals surface area contributed by atoms with Crippen LogP contribution in [-0.4, -0.2) is 86.9 Å². The first kappa shape index (κ1) is 29.8. The average Bonchev–Trinajstić information content (AvgIpc) is 3.69. The van der Waals surface area contributed by atoms with Crippen LogP contribution in [0, 0.1) is 0 Å². The van der Waals surface area contributed by atoms with Crippen molar-refractivity contribution < 1.29 is 14.1 Å². The number of nitrogens with zero attached hydrogens (tertiary/aromatic N) is 5. The van der Waals surface area contributed by atoms with E-state index >= 15 is 0 Å². The molecule has 10 nitrogen and oxygen atoms in total. The van der Waals surface area contributed by atoms with E-state index in [1.165, 1.54) is 11.3 Å². The zero-order valence-electron chi connectivity index (χ0n) is 24.2. The van der Waals surface area contributed by atoms with Gasteiger partial charge in [0.25, 0.3) is 11.8 Å². The van der Waals surface area contributed by atoms with Gasteiger partial charge in [0.1, 0.15) is 11.4 Å². The lowest BCUT2D eigenvalue weighted by Gasteiger charge is -2.34. The summed E-state index contributed by atoms with van der Waals surface area (Å²) in [4.78, 5) is 32.5. The maximum atomic E-state index is 13.5. The van der Waals surface area contributed by atoms with E-state index in [2.05, 4.69) is 58.4 Å². The quantitative estimate of drug-likeness (QED) is 0.372. The molecule has 2 aliphatic heterocycles. The van der Waals surface area contributed by atoms with Gasteiger partial charge in [-0.05, 0) is 65.5 Å². The van der Waals surface area contributed by atoms with E-state index in [0.717, 1.165) is 56.7 Å². The number of rotatable bonds is 9. The zero-order chi connectivity index (χ0) is 29.1. The summed E-state index contributed by atoms with van der Waals surface area (Å²) in [5.74, 6) is 0.0938. The molecule has 0 saturated carbocycles. The van der Waals surface area contributed by atoms with Crippen LogP contribution in [0.2, 0.25) is 4.34 Å². The van der Waals surface area contributed by atoms with E-state index in [1.54, 1.807) is 10.7 Å². The van der Waals surface area contributed by atoms with Crippen LogP contribution in [0.4, 0.5) is 0 Å². The van der Waals surface area contributed by atoms with Gasteiger partial charge in [-0.15, -0.1) is 11.3 Å². The Kier molecular flexibility index (Phi) is 9.48. The van der Waals surface area contributed by atoms with Gasteiger partial charge < -0.3 is 25.0 Å². The predicted octanol–water partition coefficient (Wildman–Crippen LogP) is 4.51. The molecule has 0 radical (unpaired) electrons. The summed E-state index contributed by atoms with van der Waals surface area (Å²) in [5.41, 5.74) is 1.16. The Morgan fingerprint density at radius 3 is 2.07 bits per heavy atom. The maximum absolute atomic E-state index is 13.5. The largest absolute Gasteiger partial charge is 0.355 e. The van der Waals surface area contributed by atoms with E-state index in [0.29, 0.717) is 33.6 Å². The van der Waals surface area contributed by atoms with Crippen LogP contribution in [0.3, 0.4) is 0 Å². The van der Waals surface area contributed by atoms with Gasteiger partial charge in [0, 0.05) is 62.5 Å². The van der Waals surface area contributed by atoms with Crippen molar-refractivity contribution in [2.75, 3.05) is 26.2 Å². The molecule has 5 heterocycles. The van der Waals surface area contributed by atoms with Crippen LogP contribution >= 0.6 is 22.9 Å². The van der Waals surface area contributed by atoms with Gasteiger partial charge >= 0.3 is 0 Å². The van der Waals surface area contributed by atoms with Crippen LogP contribution in [0.5, 0.6) is 0 Å². The molecule has 2 aliphatic rings. The summed E-state index contributed by atoms with van der Waals surface area (Å²) < 4.78 is 7.75. The number of hydrogen-bond donors (Lipinski definition) is 2. The Morgan fingerprint density at radius 1 is 0.951 bits per heavy atom. The topological polar surface area (TPSA) is 109 Å². The van der Waals surface area contributed by atoms with Gasteiger partial charge in [-0.2, -0.15) is 5.10 Å². The summed E-state index contributed by atoms with van der Waals surface area (Å²) in [6.45, 7) is 12.8. The Hall–Kier alpha value is -2.73. The highest BCUT2D eigenvalue weighted by Crippen LogP contribution is 2.31. The van der Waals surface area contributed by atoms with Crippen molar-refractivity contribution in [3.8, 4) is 10.6 Å². The molecular formula is C29H40ClN7O3S. The number of carbonyl (C=O) groups is 2. The number of likely N-dealkylation sites (tertiary alicyclic amines) is 2. The van der Waals surface area contributed by atoms with E-state index in [4.69, 9.17) is 16.1 Å². The molecule has 2 N–H and O–H groups in total. The number of aromatic nitrogens is 3. The number of amides is 2. The highest BCUT2D eigenvalue weighted by atomic mass is 35.5. The number of nitrogens with one attached hydrogen (secondary N) is 2. The Labute approximate surface area is 250 Å². The van der Waals surface area contributed by atoms with Crippen molar-refractivity contribution in [1.29, 1.82) is 0 Å². The highest BCUT2D eigenvalue weighted by molar-refractivity contribution is 7.19. The molecule has 3 aromatic heterocycles. The molecule has 0 bridgehead atoms. The lowest BCUT2D eigenvalue weighted by molar-refractivity contribution is 0.0884. The minimum Gasteiger partial charge on any atom is -0.355 e. The minimum absolute atomic E-state index is 0.0755. The van der Waals surface area contributed by atoms with Crippen molar-refractivity contribution in [2.45, 2.75) is 84.1 Å². The first-order valence-corrected chi connectivity index (χ1v) is 15.7. The third kappa shape index (κ3) is 7.38. The lowest BCUT2D eigenvalue weighted by Crippen LogP contribution is -2.47. The smallest absolute Gasteiger partial charge is 0.272 e. The summed E-state index contributed by atoms with van der Waals surface area (Å²) >= 11 is 7.49. The minimum atomic E-state index is -0.264. The summed E-state index contributed by atoms with van der Waals surface area (Å²) in [5, 5.41) is 15.1. The molecule has 2 amide bonds. The van der Waals surface area contributed by atoms with E-state index in [9.17, 15) is 9.59 Å². The van der Waals surface area contributed by atoms with E-state index in [-0.39, 0.29) is 36.1 Å². The average molecular weight is 602 g/mol. The van der Waals surface area contributed by atoms with Gasteiger partial charge in [0.05, 0.1) is 15.8 Å². The van der Waals surface area contributed by atoms with E-state index < -0.39 is 0 Å². The SMILES string of the molecule is CC(C)N1CCC(NC(=O)c2cc(C(=O)NC3CCN(C(C)C)CC3)n(Cc3cc(-c4ccc(Cl)s4)on3)n2)CC1. The lowest BCUT2D eigenvalue weighted by atomic mass is 10.0. The molecule has 0 atom stereocenters.